The average molecular weight is 587 g/mol. The minimum absolute atomic E-state index is 0.821. The molecule has 0 saturated carbocycles. The normalized spacial score (nSPS) is 11.9. The van der Waals surface area contributed by atoms with Crippen molar-refractivity contribution in [1.29, 1.82) is 0 Å². The molecule has 0 unspecified atom stereocenters. The van der Waals surface area contributed by atoms with Crippen molar-refractivity contribution in [3.8, 4) is 22.8 Å². The molecule has 4 nitrogen and oxygen atoms in total. The van der Waals surface area contributed by atoms with Crippen LogP contribution in [0.5, 0.6) is 0 Å². The zero-order valence-electron chi connectivity index (χ0n) is 24.8. The fourth-order valence-electron chi connectivity index (χ4n) is 7.27. The van der Waals surface area contributed by atoms with Crippen molar-refractivity contribution >= 4 is 65.4 Å². The van der Waals surface area contributed by atoms with Crippen LogP contribution in [0.3, 0.4) is 0 Å². The third kappa shape index (κ3) is 3.55. The summed E-state index contributed by atoms with van der Waals surface area (Å²) in [5.74, 6) is 0.821. The van der Waals surface area contributed by atoms with Crippen LogP contribution in [0.15, 0.2) is 158 Å². The van der Waals surface area contributed by atoms with Crippen LogP contribution in [-0.2, 0) is 0 Å². The van der Waals surface area contributed by atoms with Crippen LogP contribution in [-0.4, -0.2) is 19.1 Å². The highest BCUT2D eigenvalue weighted by Gasteiger charge is 2.23. The van der Waals surface area contributed by atoms with Crippen molar-refractivity contribution in [2.45, 2.75) is 0 Å². The molecule has 0 bridgehead atoms. The molecule has 0 spiro atoms. The van der Waals surface area contributed by atoms with E-state index in [1.807, 2.05) is 24.3 Å². The van der Waals surface area contributed by atoms with E-state index in [0.29, 0.717) is 0 Å². The minimum atomic E-state index is 0.821. The number of benzene rings is 7. The molecule has 0 aliphatic carbocycles. The van der Waals surface area contributed by atoms with E-state index in [2.05, 4.69) is 143 Å². The molecule has 3 aromatic heterocycles. The number of para-hydroxylation sites is 4. The zero-order valence-corrected chi connectivity index (χ0v) is 24.8. The van der Waals surface area contributed by atoms with Gasteiger partial charge in [-0.15, -0.1) is 0 Å². The Balaban J connectivity index is 1.44. The molecule has 0 radical (unpaired) electrons. The Morgan fingerprint density at radius 3 is 1.87 bits per heavy atom. The Hall–Kier alpha value is -6.26. The third-order valence-corrected chi connectivity index (χ3v) is 9.27. The van der Waals surface area contributed by atoms with Gasteiger partial charge in [0, 0.05) is 32.8 Å². The molecule has 4 heteroatoms. The summed E-state index contributed by atoms with van der Waals surface area (Å²) in [4.78, 5) is 10.6. The first-order valence-electron chi connectivity index (χ1n) is 15.6. The van der Waals surface area contributed by atoms with E-state index in [0.717, 1.165) is 50.3 Å². The van der Waals surface area contributed by atoms with Gasteiger partial charge in [-0.2, -0.15) is 0 Å². The summed E-state index contributed by atoms with van der Waals surface area (Å²) in [6.45, 7) is 0. The molecule has 46 heavy (non-hydrogen) atoms. The van der Waals surface area contributed by atoms with Gasteiger partial charge in [0.2, 0.25) is 0 Å². The largest absolute Gasteiger partial charge is 0.309 e. The average Bonchev–Trinajstić information content (AvgIpc) is 3.63. The Bertz CT molecular complexity index is 2790. The summed E-state index contributed by atoms with van der Waals surface area (Å²) in [6.07, 6.45) is 0. The van der Waals surface area contributed by atoms with Crippen LogP contribution in [0.2, 0.25) is 0 Å². The summed E-state index contributed by atoms with van der Waals surface area (Å²) >= 11 is 0. The van der Waals surface area contributed by atoms with Crippen molar-refractivity contribution < 1.29 is 0 Å². The van der Waals surface area contributed by atoms with Crippen LogP contribution in [0.1, 0.15) is 0 Å². The fourth-order valence-corrected chi connectivity index (χ4v) is 7.27. The van der Waals surface area contributed by atoms with Gasteiger partial charge in [-0.25, -0.2) is 9.97 Å². The second-order valence-electron chi connectivity index (χ2n) is 11.8. The van der Waals surface area contributed by atoms with Crippen molar-refractivity contribution in [3.05, 3.63) is 158 Å². The predicted octanol–water partition coefficient (Wildman–Crippen LogP) is 10.6. The summed E-state index contributed by atoms with van der Waals surface area (Å²) in [6, 6.07) is 55.9. The molecule has 0 aliphatic rings. The third-order valence-electron chi connectivity index (χ3n) is 9.27. The molecule has 10 rings (SSSR count). The first-order valence-corrected chi connectivity index (χ1v) is 15.6. The second kappa shape index (κ2) is 9.62. The predicted molar refractivity (Wildman–Crippen MR) is 191 cm³/mol. The first-order chi connectivity index (χ1) is 22.8. The molecule has 10 aromatic rings. The molecule has 214 valence electrons. The highest BCUT2D eigenvalue weighted by molar-refractivity contribution is 6.25. The smallest absolute Gasteiger partial charge is 0.165 e. The molecule has 0 aliphatic heterocycles. The van der Waals surface area contributed by atoms with Gasteiger partial charge in [0.05, 0.1) is 33.1 Å². The maximum atomic E-state index is 5.37. The molecule has 3 heterocycles. The lowest BCUT2D eigenvalue weighted by atomic mass is 10.0. The fraction of sp³-hybridized carbons (Fsp3) is 0. The minimum Gasteiger partial charge on any atom is -0.309 e. The SMILES string of the molecule is c1ccc(-c2nc3ccccc3nc2-n2c3cc4c(cc3c3c5ccccc5ccc32)c2ccccc2n4-c2ccccc2)cc1. The number of nitrogens with zero attached hydrogens (tertiary/aromatic N) is 4. The lowest BCUT2D eigenvalue weighted by molar-refractivity contribution is 1.08. The Labute approximate surface area is 264 Å². The monoisotopic (exact) mass is 586 g/mol. The maximum absolute atomic E-state index is 5.37. The molecule has 0 fully saturated rings. The molecular weight excluding hydrogens is 560 g/mol. The topological polar surface area (TPSA) is 35.6 Å². The molecular formula is C42H26N4. The van der Waals surface area contributed by atoms with E-state index >= 15 is 0 Å². The standard InChI is InChI=1S/C42H26N4/c1-3-14-28(15-4-1)41-42(44-35-21-11-10-20-34(35)43-41)46-37-24-23-27-13-7-8-18-30(27)40(37)33-25-32-31-19-9-12-22-36(31)45(38(32)26-39(33)46)29-16-5-2-6-17-29/h1-26H. The highest BCUT2D eigenvalue weighted by Crippen LogP contribution is 2.42. The number of aromatic nitrogens is 4. The lowest BCUT2D eigenvalue weighted by Crippen LogP contribution is -2.04. The molecule has 7 aromatic carbocycles. The first kappa shape index (κ1) is 25.1. The van der Waals surface area contributed by atoms with Crippen LogP contribution in [0, 0.1) is 0 Å². The van der Waals surface area contributed by atoms with Crippen LogP contribution in [0.25, 0.3) is 88.2 Å². The number of hydrogen-bond donors (Lipinski definition) is 0. The van der Waals surface area contributed by atoms with Gasteiger partial charge < -0.3 is 4.57 Å². The number of fused-ring (bicyclic) bond motifs is 9. The molecule has 0 amide bonds. The Morgan fingerprint density at radius 2 is 1.04 bits per heavy atom. The number of rotatable bonds is 3. The van der Waals surface area contributed by atoms with Gasteiger partial charge in [0.25, 0.3) is 0 Å². The van der Waals surface area contributed by atoms with Gasteiger partial charge in [0.15, 0.2) is 5.82 Å². The van der Waals surface area contributed by atoms with Crippen molar-refractivity contribution in [3.63, 3.8) is 0 Å². The molecule has 0 saturated heterocycles. The summed E-state index contributed by atoms with van der Waals surface area (Å²) in [5, 5.41) is 7.33. The van der Waals surface area contributed by atoms with Crippen LogP contribution < -0.4 is 0 Å². The number of hydrogen-bond acceptors (Lipinski definition) is 2. The van der Waals surface area contributed by atoms with Crippen molar-refractivity contribution in [1.82, 2.24) is 19.1 Å². The van der Waals surface area contributed by atoms with Gasteiger partial charge >= 0.3 is 0 Å². The van der Waals surface area contributed by atoms with E-state index in [1.54, 1.807) is 0 Å². The second-order valence-corrected chi connectivity index (χ2v) is 11.8. The van der Waals surface area contributed by atoms with Crippen LogP contribution in [0.4, 0.5) is 0 Å². The van der Waals surface area contributed by atoms with E-state index in [1.165, 1.54) is 37.8 Å². The van der Waals surface area contributed by atoms with Gasteiger partial charge in [-0.3, -0.25) is 4.57 Å². The van der Waals surface area contributed by atoms with Gasteiger partial charge in [-0.1, -0.05) is 109 Å². The van der Waals surface area contributed by atoms with E-state index in [4.69, 9.17) is 9.97 Å². The van der Waals surface area contributed by atoms with Crippen LogP contribution >= 0.6 is 0 Å². The van der Waals surface area contributed by atoms with E-state index in [9.17, 15) is 0 Å². The molecule has 0 atom stereocenters. The maximum Gasteiger partial charge on any atom is 0.165 e. The van der Waals surface area contributed by atoms with E-state index in [-0.39, 0.29) is 0 Å². The Kier molecular flexibility index (Phi) is 5.25. The Morgan fingerprint density at radius 1 is 0.391 bits per heavy atom. The highest BCUT2D eigenvalue weighted by atomic mass is 15.1. The summed E-state index contributed by atoms with van der Waals surface area (Å²) in [7, 11) is 0. The van der Waals surface area contributed by atoms with E-state index < -0.39 is 0 Å². The lowest BCUT2D eigenvalue weighted by Gasteiger charge is -2.14. The van der Waals surface area contributed by atoms with Crippen molar-refractivity contribution in [2.75, 3.05) is 0 Å². The molecule has 0 N–H and O–H groups in total. The van der Waals surface area contributed by atoms with Crippen molar-refractivity contribution in [2.24, 2.45) is 0 Å². The summed E-state index contributed by atoms with van der Waals surface area (Å²) < 4.78 is 4.72. The summed E-state index contributed by atoms with van der Waals surface area (Å²) in [5.41, 5.74) is 9.32. The van der Waals surface area contributed by atoms with Gasteiger partial charge in [0.1, 0.15) is 5.69 Å². The quantitative estimate of drug-likeness (QED) is 0.206. The zero-order chi connectivity index (χ0) is 30.2. The van der Waals surface area contributed by atoms with Gasteiger partial charge in [-0.05, 0) is 59.3 Å².